The highest BCUT2D eigenvalue weighted by Crippen LogP contribution is 2.15. The number of aryl methyl sites for hydroxylation is 1. The molecule has 0 spiro atoms. The van der Waals surface area contributed by atoms with Gasteiger partial charge in [-0.3, -0.25) is 10.1 Å². The number of hydrogen-bond donors (Lipinski definition) is 1. The Balaban J connectivity index is 2.00. The van der Waals surface area contributed by atoms with Gasteiger partial charge in [-0.15, -0.1) is 10.2 Å². The van der Waals surface area contributed by atoms with Gasteiger partial charge in [-0.25, -0.2) is 0 Å². The number of anilines is 1. The number of nitrogens with zero attached hydrogens (tertiary/aromatic N) is 4. The van der Waals surface area contributed by atoms with Gasteiger partial charge in [0.05, 0.1) is 11.5 Å². The van der Waals surface area contributed by atoms with Crippen molar-refractivity contribution in [3.8, 4) is 0 Å². The molecule has 0 aliphatic carbocycles. The second-order valence-corrected chi connectivity index (χ2v) is 3.69. The van der Waals surface area contributed by atoms with Gasteiger partial charge >= 0.3 is 0 Å². The van der Waals surface area contributed by atoms with E-state index in [1.54, 1.807) is 18.5 Å². The fourth-order valence-electron chi connectivity index (χ4n) is 1.56. The van der Waals surface area contributed by atoms with Crippen molar-refractivity contribution in [3.05, 3.63) is 46.5 Å². The molecule has 0 aliphatic heterocycles. The molecule has 1 aromatic heterocycles. The number of rotatable bonds is 5. The molecule has 0 radical (unpaired) electrons. The summed E-state index contributed by atoms with van der Waals surface area (Å²) < 4.78 is 1.93. The zero-order valence-electron chi connectivity index (χ0n) is 9.91. The highest BCUT2D eigenvalue weighted by atomic mass is 16.6. The van der Waals surface area contributed by atoms with Gasteiger partial charge in [-0.1, -0.05) is 0 Å². The highest BCUT2D eigenvalue weighted by Gasteiger charge is 2.05. The molecule has 7 nitrogen and oxygen atoms in total. The van der Waals surface area contributed by atoms with Crippen molar-refractivity contribution in [2.45, 2.75) is 20.0 Å². The van der Waals surface area contributed by atoms with Crippen LogP contribution in [0.2, 0.25) is 0 Å². The van der Waals surface area contributed by atoms with Crippen LogP contribution in [0.15, 0.2) is 30.6 Å². The van der Waals surface area contributed by atoms with E-state index < -0.39 is 4.92 Å². The Morgan fingerprint density at radius 2 is 2.11 bits per heavy atom. The SMILES string of the molecule is CCn1cnnc1CNc1ccc([N+](=O)[O-])cc1. The minimum absolute atomic E-state index is 0.0808. The van der Waals surface area contributed by atoms with E-state index in [0.29, 0.717) is 6.54 Å². The van der Waals surface area contributed by atoms with E-state index in [1.807, 2.05) is 11.5 Å². The Morgan fingerprint density at radius 3 is 2.72 bits per heavy atom. The molecule has 0 saturated heterocycles. The zero-order valence-corrected chi connectivity index (χ0v) is 9.91. The van der Waals surface area contributed by atoms with E-state index in [0.717, 1.165) is 18.1 Å². The Bertz CT molecular complexity index is 535. The number of nitro benzene ring substituents is 1. The molecule has 2 aromatic rings. The van der Waals surface area contributed by atoms with Crippen LogP contribution in [0.5, 0.6) is 0 Å². The average molecular weight is 247 g/mol. The number of non-ortho nitro benzene ring substituents is 1. The van der Waals surface area contributed by atoms with Crippen molar-refractivity contribution in [2.24, 2.45) is 0 Å². The van der Waals surface area contributed by atoms with Crippen molar-refractivity contribution in [3.63, 3.8) is 0 Å². The second kappa shape index (κ2) is 5.26. The van der Waals surface area contributed by atoms with Crippen molar-refractivity contribution in [1.29, 1.82) is 0 Å². The molecule has 2 rings (SSSR count). The van der Waals surface area contributed by atoms with E-state index in [9.17, 15) is 10.1 Å². The van der Waals surface area contributed by atoms with Crippen LogP contribution in [-0.4, -0.2) is 19.7 Å². The van der Waals surface area contributed by atoms with Crippen molar-refractivity contribution in [1.82, 2.24) is 14.8 Å². The van der Waals surface area contributed by atoms with Crippen molar-refractivity contribution >= 4 is 11.4 Å². The molecule has 0 unspecified atom stereocenters. The molecule has 94 valence electrons. The first-order valence-corrected chi connectivity index (χ1v) is 5.55. The Morgan fingerprint density at radius 1 is 1.39 bits per heavy atom. The van der Waals surface area contributed by atoms with Gasteiger partial charge in [0.15, 0.2) is 5.82 Å². The molecule has 0 fully saturated rings. The third-order valence-electron chi connectivity index (χ3n) is 2.57. The van der Waals surface area contributed by atoms with Crippen LogP contribution in [0.3, 0.4) is 0 Å². The highest BCUT2D eigenvalue weighted by molar-refractivity contribution is 5.48. The van der Waals surface area contributed by atoms with Gasteiger partial charge in [-0.05, 0) is 19.1 Å². The zero-order chi connectivity index (χ0) is 13.0. The molecule has 18 heavy (non-hydrogen) atoms. The third kappa shape index (κ3) is 2.62. The molecule has 1 aromatic carbocycles. The first-order chi connectivity index (χ1) is 8.70. The molecular weight excluding hydrogens is 234 g/mol. The van der Waals surface area contributed by atoms with Gasteiger partial charge in [0.2, 0.25) is 0 Å². The van der Waals surface area contributed by atoms with Gasteiger partial charge in [0.1, 0.15) is 6.33 Å². The number of benzene rings is 1. The fraction of sp³-hybridized carbons (Fsp3) is 0.273. The van der Waals surface area contributed by atoms with Crippen LogP contribution in [-0.2, 0) is 13.1 Å². The summed E-state index contributed by atoms with van der Waals surface area (Å²) >= 11 is 0. The van der Waals surface area contributed by atoms with Crippen molar-refractivity contribution < 1.29 is 4.92 Å². The van der Waals surface area contributed by atoms with Crippen LogP contribution in [0.4, 0.5) is 11.4 Å². The maximum Gasteiger partial charge on any atom is 0.269 e. The van der Waals surface area contributed by atoms with Gasteiger partial charge < -0.3 is 9.88 Å². The standard InChI is InChI=1S/C11H13N5O2/c1-2-15-8-13-14-11(15)7-12-9-3-5-10(6-4-9)16(17)18/h3-6,8,12H,2,7H2,1H3. The smallest absolute Gasteiger partial charge is 0.269 e. The van der Waals surface area contributed by atoms with Crippen molar-refractivity contribution in [2.75, 3.05) is 5.32 Å². The molecule has 0 aliphatic rings. The van der Waals surface area contributed by atoms with Crippen LogP contribution in [0.1, 0.15) is 12.7 Å². The summed E-state index contributed by atoms with van der Waals surface area (Å²) in [5, 5.41) is 21.5. The largest absolute Gasteiger partial charge is 0.378 e. The molecule has 0 bridgehead atoms. The van der Waals surface area contributed by atoms with E-state index in [4.69, 9.17) is 0 Å². The quantitative estimate of drug-likeness (QED) is 0.643. The Kier molecular flexibility index (Phi) is 3.52. The fourth-order valence-corrected chi connectivity index (χ4v) is 1.56. The lowest BCUT2D eigenvalue weighted by Crippen LogP contribution is -2.07. The number of aromatic nitrogens is 3. The molecule has 7 heteroatoms. The minimum atomic E-state index is -0.419. The van der Waals surface area contributed by atoms with Gasteiger partial charge in [0.25, 0.3) is 5.69 Å². The molecule has 1 heterocycles. The minimum Gasteiger partial charge on any atom is -0.378 e. The van der Waals surface area contributed by atoms with Crippen LogP contribution < -0.4 is 5.32 Å². The summed E-state index contributed by atoms with van der Waals surface area (Å²) in [5.74, 6) is 0.829. The summed E-state index contributed by atoms with van der Waals surface area (Å²) in [5.41, 5.74) is 0.892. The Labute approximate surface area is 104 Å². The monoisotopic (exact) mass is 247 g/mol. The number of hydrogen-bond acceptors (Lipinski definition) is 5. The lowest BCUT2D eigenvalue weighted by molar-refractivity contribution is -0.384. The summed E-state index contributed by atoms with van der Waals surface area (Å²) in [7, 11) is 0. The first-order valence-electron chi connectivity index (χ1n) is 5.55. The Hall–Kier alpha value is -2.44. The number of nitrogens with one attached hydrogen (secondary N) is 1. The predicted octanol–water partition coefficient (Wildman–Crippen LogP) is 1.82. The molecule has 0 saturated carbocycles. The molecule has 0 atom stereocenters. The molecule has 1 N–H and O–H groups in total. The van der Waals surface area contributed by atoms with Gasteiger partial charge in [0, 0.05) is 24.4 Å². The molecule has 0 amide bonds. The van der Waals surface area contributed by atoms with E-state index in [1.165, 1.54) is 12.1 Å². The van der Waals surface area contributed by atoms with Crippen LogP contribution in [0, 0.1) is 10.1 Å². The lowest BCUT2D eigenvalue weighted by Gasteiger charge is -2.06. The summed E-state index contributed by atoms with van der Waals surface area (Å²) in [4.78, 5) is 10.1. The maximum atomic E-state index is 10.5. The summed E-state index contributed by atoms with van der Waals surface area (Å²) in [6.45, 7) is 3.36. The summed E-state index contributed by atoms with van der Waals surface area (Å²) in [6.07, 6.45) is 1.67. The average Bonchev–Trinajstić information content (AvgIpc) is 2.84. The third-order valence-corrected chi connectivity index (χ3v) is 2.57. The predicted molar refractivity (Wildman–Crippen MR) is 66.1 cm³/mol. The maximum absolute atomic E-state index is 10.5. The van der Waals surface area contributed by atoms with E-state index in [-0.39, 0.29) is 5.69 Å². The topological polar surface area (TPSA) is 85.9 Å². The molecular formula is C11H13N5O2. The lowest BCUT2D eigenvalue weighted by atomic mass is 10.3. The van der Waals surface area contributed by atoms with Gasteiger partial charge in [-0.2, -0.15) is 0 Å². The van der Waals surface area contributed by atoms with E-state index >= 15 is 0 Å². The second-order valence-electron chi connectivity index (χ2n) is 3.69. The van der Waals surface area contributed by atoms with E-state index in [2.05, 4.69) is 15.5 Å². The first kappa shape index (κ1) is 12.0. The summed E-state index contributed by atoms with van der Waals surface area (Å²) in [6, 6.07) is 6.27. The van der Waals surface area contributed by atoms with Crippen LogP contribution in [0.25, 0.3) is 0 Å². The number of nitro groups is 1. The van der Waals surface area contributed by atoms with Crippen LogP contribution >= 0.6 is 0 Å². The normalized spacial score (nSPS) is 10.3.